The van der Waals surface area contributed by atoms with Crippen LogP contribution in [0.5, 0.6) is 0 Å². The van der Waals surface area contributed by atoms with E-state index < -0.39 is 0 Å². The molecule has 1 aromatic carbocycles. The number of likely N-dealkylation sites (N-methyl/N-ethyl adjacent to an activating group) is 1. The Kier molecular flexibility index (Phi) is 6.92. The molecule has 2 amide bonds. The lowest BCUT2D eigenvalue weighted by atomic mass is 10.00. The van der Waals surface area contributed by atoms with Crippen molar-refractivity contribution in [3.05, 3.63) is 35.4 Å². The minimum Gasteiger partial charge on any atom is -0.334 e. The molecule has 2 aliphatic rings. The average molecular weight is 359 g/mol. The molecule has 0 spiro atoms. The third-order valence-electron chi connectivity index (χ3n) is 5.93. The molecule has 26 heavy (non-hydrogen) atoms. The summed E-state index contributed by atoms with van der Waals surface area (Å²) >= 11 is 0. The zero-order chi connectivity index (χ0) is 18.4. The number of carbonyl (C=O) groups excluding carboxylic acids is 1. The van der Waals surface area contributed by atoms with Gasteiger partial charge in [0.25, 0.3) is 0 Å². The maximum atomic E-state index is 12.4. The summed E-state index contributed by atoms with van der Waals surface area (Å²) in [6, 6.07) is 8.62. The first-order valence-corrected chi connectivity index (χ1v) is 10.2. The predicted molar refractivity (Wildman–Crippen MR) is 106 cm³/mol. The molecule has 0 bridgehead atoms. The number of piperidine rings is 1. The largest absolute Gasteiger partial charge is 0.334 e. The maximum Gasteiger partial charge on any atom is 0.317 e. The number of hydrogen-bond donors (Lipinski definition) is 1. The molecule has 5 heteroatoms. The van der Waals surface area contributed by atoms with E-state index in [0.717, 1.165) is 71.1 Å². The summed E-state index contributed by atoms with van der Waals surface area (Å²) in [5.74, 6) is 0.743. The highest BCUT2D eigenvalue weighted by Crippen LogP contribution is 2.17. The molecule has 1 N–H and O–H groups in total. The second-order valence-electron chi connectivity index (χ2n) is 7.81. The Morgan fingerprint density at radius 1 is 1.00 bits per heavy atom. The molecule has 2 saturated heterocycles. The first-order chi connectivity index (χ1) is 12.7. The van der Waals surface area contributed by atoms with Gasteiger partial charge in [-0.3, -0.25) is 4.90 Å². The molecule has 1 aromatic rings. The average Bonchev–Trinajstić information content (AvgIpc) is 2.68. The fourth-order valence-electron chi connectivity index (χ4n) is 3.88. The molecule has 0 radical (unpaired) electrons. The van der Waals surface area contributed by atoms with Crippen molar-refractivity contribution in [1.29, 1.82) is 0 Å². The number of likely N-dealkylation sites (tertiary alicyclic amines) is 1. The van der Waals surface area contributed by atoms with E-state index in [1.807, 2.05) is 4.90 Å². The molecule has 2 heterocycles. The summed E-state index contributed by atoms with van der Waals surface area (Å²) in [4.78, 5) is 19.4. The Hall–Kier alpha value is -1.59. The Labute approximate surface area is 158 Å². The SMILES string of the molecule is CCN1CCN(Cc2ccccc2CNC(=O)N2CCC(C)CC2)CC1. The Bertz CT molecular complexity index is 575. The Morgan fingerprint density at radius 3 is 2.27 bits per heavy atom. The lowest BCUT2D eigenvalue weighted by Crippen LogP contribution is -2.46. The minimum absolute atomic E-state index is 0.0864. The van der Waals surface area contributed by atoms with Crippen molar-refractivity contribution >= 4 is 6.03 Å². The summed E-state index contributed by atoms with van der Waals surface area (Å²) in [5, 5.41) is 3.14. The van der Waals surface area contributed by atoms with Crippen LogP contribution >= 0.6 is 0 Å². The van der Waals surface area contributed by atoms with E-state index in [2.05, 4.69) is 53.2 Å². The van der Waals surface area contributed by atoms with Gasteiger partial charge in [-0.15, -0.1) is 0 Å². The summed E-state index contributed by atoms with van der Waals surface area (Å²) in [5.41, 5.74) is 2.58. The third-order valence-corrected chi connectivity index (χ3v) is 5.93. The van der Waals surface area contributed by atoms with Crippen LogP contribution in [-0.2, 0) is 13.1 Å². The molecule has 5 nitrogen and oxygen atoms in total. The zero-order valence-electron chi connectivity index (χ0n) is 16.4. The van der Waals surface area contributed by atoms with E-state index in [1.54, 1.807) is 0 Å². The number of hydrogen-bond acceptors (Lipinski definition) is 3. The quantitative estimate of drug-likeness (QED) is 0.880. The molecule has 0 atom stereocenters. The van der Waals surface area contributed by atoms with Crippen molar-refractivity contribution in [2.24, 2.45) is 5.92 Å². The van der Waals surface area contributed by atoms with Gasteiger partial charge in [0.1, 0.15) is 0 Å². The highest BCUT2D eigenvalue weighted by Gasteiger charge is 2.20. The van der Waals surface area contributed by atoms with Crippen LogP contribution in [0.25, 0.3) is 0 Å². The summed E-state index contributed by atoms with van der Waals surface area (Å²) in [6.45, 7) is 13.6. The topological polar surface area (TPSA) is 38.8 Å². The second-order valence-corrected chi connectivity index (χ2v) is 7.81. The van der Waals surface area contributed by atoms with E-state index in [0.29, 0.717) is 6.54 Å². The Morgan fingerprint density at radius 2 is 1.62 bits per heavy atom. The molecule has 0 unspecified atom stereocenters. The van der Waals surface area contributed by atoms with E-state index in [-0.39, 0.29) is 6.03 Å². The summed E-state index contributed by atoms with van der Waals surface area (Å²) < 4.78 is 0. The molecule has 144 valence electrons. The van der Waals surface area contributed by atoms with Crippen LogP contribution in [0, 0.1) is 5.92 Å². The van der Waals surface area contributed by atoms with Gasteiger partial charge in [-0.1, -0.05) is 38.1 Å². The van der Waals surface area contributed by atoms with E-state index in [1.165, 1.54) is 11.1 Å². The van der Waals surface area contributed by atoms with Gasteiger partial charge in [0.2, 0.25) is 0 Å². The fraction of sp³-hybridized carbons (Fsp3) is 0.667. The van der Waals surface area contributed by atoms with Crippen LogP contribution in [0.3, 0.4) is 0 Å². The van der Waals surface area contributed by atoms with Crippen LogP contribution in [-0.4, -0.2) is 66.5 Å². The minimum atomic E-state index is 0.0864. The smallest absolute Gasteiger partial charge is 0.317 e. The summed E-state index contributed by atoms with van der Waals surface area (Å²) in [6.07, 6.45) is 2.24. The fourth-order valence-corrected chi connectivity index (χ4v) is 3.88. The van der Waals surface area contributed by atoms with Gasteiger partial charge in [0.05, 0.1) is 0 Å². The van der Waals surface area contributed by atoms with E-state index in [9.17, 15) is 4.79 Å². The van der Waals surface area contributed by atoms with E-state index >= 15 is 0 Å². The van der Waals surface area contributed by atoms with Gasteiger partial charge < -0.3 is 15.1 Å². The number of benzene rings is 1. The number of rotatable bonds is 5. The molecular formula is C21H34N4O. The van der Waals surface area contributed by atoms with Crippen LogP contribution in [0.15, 0.2) is 24.3 Å². The van der Waals surface area contributed by atoms with Crippen molar-refractivity contribution in [3.8, 4) is 0 Å². The zero-order valence-corrected chi connectivity index (χ0v) is 16.4. The van der Waals surface area contributed by atoms with Gasteiger partial charge in [0, 0.05) is 52.4 Å². The molecule has 3 rings (SSSR count). The monoisotopic (exact) mass is 358 g/mol. The van der Waals surface area contributed by atoms with E-state index in [4.69, 9.17) is 0 Å². The van der Waals surface area contributed by atoms with Crippen molar-refractivity contribution in [2.45, 2.75) is 39.8 Å². The maximum absolute atomic E-state index is 12.4. The number of nitrogens with one attached hydrogen (secondary N) is 1. The van der Waals surface area contributed by atoms with Crippen molar-refractivity contribution < 1.29 is 4.79 Å². The molecule has 0 saturated carbocycles. The molecule has 0 aliphatic carbocycles. The molecular weight excluding hydrogens is 324 g/mol. The van der Waals surface area contributed by atoms with Crippen molar-refractivity contribution in [2.75, 3.05) is 45.8 Å². The lowest BCUT2D eigenvalue weighted by Gasteiger charge is -2.34. The number of nitrogens with zero attached hydrogens (tertiary/aromatic N) is 3. The predicted octanol–water partition coefficient (Wildman–Crippen LogP) is 2.77. The van der Waals surface area contributed by atoms with Crippen molar-refractivity contribution in [3.63, 3.8) is 0 Å². The molecule has 0 aromatic heterocycles. The first kappa shape index (κ1) is 19.2. The summed E-state index contributed by atoms with van der Waals surface area (Å²) in [7, 11) is 0. The highest BCUT2D eigenvalue weighted by molar-refractivity contribution is 5.74. The lowest BCUT2D eigenvalue weighted by molar-refractivity contribution is 0.131. The van der Waals surface area contributed by atoms with Crippen LogP contribution in [0.4, 0.5) is 4.79 Å². The number of amides is 2. The highest BCUT2D eigenvalue weighted by atomic mass is 16.2. The van der Waals surface area contributed by atoms with Gasteiger partial charge in [-0.2, -0.15) is 0 Å². The third kappa shape index (κ3) is 5.21. The van der Waals surface area contributed by atoms with Crippen LogP contribution in [0.2, 0.25) is 0 Å². The first-order valence-electron chi connectivity index (χ1n) is 10.2. The number of urea groups is 1. The van der Waals surface area contributed by atoms with Gasteiger partial charge >= 0.3 is 6.03 Å². The number of carbonyl (C=O) groups is 1. The standard InChI is InChI=1S/C21H34N4O/c1-3-23-12-14-24(15-13-23)17-20-7-5-4-6-19(20)16-22-21(26)25-10-8-18(2)9-11-25/h4-7,18H,3,8-17H2,1-2H3,(H,22,26). The second kappa shape index (κ2) is 9.38. The van der Waals surface area contributed by atoms with Crippen LogP contribution < -0.4 is 5.32 Å². The van der Waals surface area contributed by atoms with Gasteiger partial charge in [-0.05, 0) is 36.4 Å². The molecule has 2 aliphatic heterocycles. The number of piperazine rings is 1. The normalized spacial score (nSPS) is 20.3. The van der Waals surface area contributed by atoms with Crippen LogP contribution in [0.1, 0.15) is 37.8 Å². The van der Waals surface area contributed by atoms with Gasteiger partial charge in [0.15, 0.2) is 0 Å². The molecule has 2 fully saturated rings. The van der Waals surface area contributed by atoms with Gasteiger partial charge in [-0.25, -0.2) is 4.79 Å². The van der Waals surface area contributed by atoms with Crippen molar-refractivity contribution in [1.82, 2.24) is 20.0 Å². The Balaban J connectivity index is 1.51.